The van der Waals surface area contributed by atoms with E-state index in [4.69, 9.17) is 5.11 Å². The highest BCUT2D eigenvalue weighted by atomic mass is 16.3. The highest BCUT2D eigenvalue weighted by molar-refractivity contribution is 4.87. The Balaban J connectivity index is 2.05. The first-order chi connectivity index (χ1) is 6.79. The maximum atomic E-state index is 9.02. The molecule has 4 nitrogen and oxygen atoms in total. The SMILES string of the molecule is CC(O)CCCNCc1ncccn1. The Hall–Kier alpha value is -1.00. The number of hydrogen-bond acceptors (Lipinski definition) is 4. The topological polar surface area (TPSA) is 58.0 Å². The standard InChI is InChI=1S/C10H17N3O/c1-9(14)4-2-5-11-8-10-12-6-3-7-13-10/h3,6-7,9,11,14H,2,4-5,8H2,1H3. The average Bonchev–Trinajstić information content (AvgIpc) is 2.18. The van der Waals surface area contributed by atoms with E-state index in [-0.39, 0.29) is 6.10 Å². The van der Waals surface area contributed by atoms with Gasteiger partial charge in [0.2, 0.25) is 0 Å². The number of rotatable bonds is 6. The summed E-state index contributed by atoms with van der Waals surface area (Å²) in [5.41, 5.74) is 0. The van der Waals surface area contributed by atoms with Crippen molar-refractivity contribution in [2.45, 2.75) is 32.4 Å². The fraction of sp³-hybridized carbons (Fsp3) is 0.600. The minimum atomic E-state index is -0.204. The third-order valence-electron chi connectivity index (χ3n) is 1.88. The zero-order valence-electron chi connectivity index (χ0n) is 8.48. The molecule has 1 atom stereocenters. The normalized spacial score (nSPS) is 12.7. The zero-order valence-corrected chi connectivity index (χ0v) is 8.48. The highest BCUT2D eigenvalue weighted by Gasteiger charge is 1.96. The van der Waals surface area contributed by atoms with Gasteiger partial charge in [-0.3, -0.25) is 0 Å². The second-order valence-corrected chi connectivity index (χ2v) is 3.33. The Labute approximate surface area is 84.4 Å². The molecule has 0 aromatic carbocycles. The molecule has 1 heterocycles. The van der Waals surface area contributed by atoms with Crippen LogP contribution in [0.2, 0.25) is 0 Å². The first-order valence-electron chi connectivity index (χ1n) is 4.93. The van der Waals surface area contributed by atoms with Gasteiger partial charge in [-0.05, 0) is 32.4 Å². The van der Waals surface area contributed by atoms with Gasteiger partial charge >= 0.3 is 0 Å². The molecule has 0 amide bonds. The molecule has 0 saturated heterocycles. The van der Waals surface area contributed by atoms with E-state index in [1.54, 1.807) is 25.4 Å². The van der Waals surface area contributed by atoms with Gasteiger partial charge in [0.05, 0.1) is 12.6 Å². The van der Waals surface area contributed by atoms with Crippen LogP contribution in [-0.2, 0) is 6.54 Å². The molecule has 0 aliphatic heterocycles. The molecule has 0 aliphatic rings. The van der Waals surface area contributed by atoms with E-state index < -0.39 is 0 Å². The van der Waals surface area contributed by atoms with Gasteiger partial charge in [0.25, 0.3) is 0 Å². The molecular formula is C10H17N3O. The molecule has 1 rings (SSSR count). The molecule has 1 aromatic heterocycles. The van der Waals surface area contributed by atoms with Gasteiger partial charge in [-0.1, -0.05) is 0 Å². The van der Waals surface area contributed by atoms with Gasteiger partial charge in [-0.25, -0.2) is 9.97 Å². The van der Waals surface area contributed by atoms with Crippen LogP contribution in [-0.4, -0.2) is 27.7 Å². The quantitative estimate of drug-likeness (QED) is 0.657. The van der Waals surface area contributed by atoms with Gasteiger partial charge in [0.15, 0.2) is 0 Å². The second kappa shape index (κ2) is 6.45. The van der Waals surface area contributed by atoms with Crippen LogP contribution in [0.4, 0.5) is 0 Å². The van der Waals surface area contributed by atoms with Crippen LogP contribution < -0.4 is 5.32 Å². The monoisotopic (exact) mass is 195 g/mol. The summed E-state index contributed by atoms with van der Waals surface area (Å²) >= 11 is 0. The number of nitrogens with zero attached hydrogens (tertiary/aromatic N) is 2. The van der Waals surface area contributed by atoms with Gasteiger partial charge in [0, 0.05) is 12.4 Å². The minimum Gasteiger partial charge on any atom is -0.393 e. The molecule has 0 radical (unpaired) electrons. The zero-order chi connectivity index (χ0) is 10.2. The molecule has 2 N–H and O–H groups in total. The average molecular weight is 195 g/mol. The maximum absolute atomic E-state index is 9.02. The van der Waals surface area contributed by atoms with E-state index in [1.807, 2.05) is 0 Å². The summed E-state index contributed by atoms with van der Waals surface area (Å²) in [6, 6.07) is 1.80. The van der Waals surface area contributed by atoms with Gasteiger partial charge in [-0.15, -0.1) is 0 Å². The van der Waals surface area contributed by atoms with Crippen molar-refractivity contribution in [3.05, 3.63) is 24.3 Å². The number of aliphatic hydroxyl groups is 1. The second-order valence-electron chi connectivity index (χ2n) is 3.33. The summed E-state index contributed by atoms with van der Waals surface area (Å²) in [5.74, 6) is 0.810. The van der Waals surface area contributed by atoms with Crippen molar-refractivity contribution in [3.8, 4) is 0 Å². The van der Waals surface area contributed by atoms with E-state index in [0.29, 0.717) is 6.54 Å². The van der Waals surface area contributed by atoms with E-state index in [9.17, 15) is 0 Å². The Morgan fingerprint density at radius 3 is 2.79 bits per heavy atom. The van der Waals surface area contributed by atoms with Gasteiger partial charge < -0.3 is 10.4 Å². The van der Waals surface area contributed by atoms with Crippen LogP contribution in [0, 0.1) is 0 Å². The lowest BCUT2D eigenvalue weighted by Gasteiger charge is -2.04. The molecule has 14 heavy (non-hydrogen) atoms. The van der Waals surface area contributed by atoms with Crippen molar-refractivity contribution >= 4 is 0 Å². The Morgan fingerprint density at radius 1 is 1.43 bits per heavy atom. The molecule has 0 aliphatic carbocycles. The van der Waals surface area contributed by atoms with Crippen molar-refractivity contribution in [1.82, 2.24) is 15.3 Å². The van der Waals surface area contributed by atoms with Crippen molar-refractivity contribution in [2.24, 2.45) is 0 Å². The Bertz CT molecular complexity index is 238. The summed E-state index contributed by atoms with van der Waals surface area (Å²) in [5, 5.41) is 12.2. The van der Waals surface area contributed by atoms with Crippen LogP contribution in [0.25, 0.3) is 0 Å². The first kappa shape index (κ1) is 11.1. The van der Waals surface area contributed by atoms with Gasteiger partial charge in [-0.2, -0.15) is 0 Å². The lowest BCUT2D eigenvalue weighted by Crippen LogP contribution is -2.17. The predicted molar refractivity (Wildman–Crippen MR) is 54.7 cm³/mol. The van der Waals surface area contributed by atoms with Gasteiger partial charge in [0.1, 0.15) is 5.82 Å². The summed E-state index contributed by atoms with van der Waals surface area (Å²) < 4.78 is 0. The number of nitrogens with one attached hydrogen (secondary N) is 1. The number of hydrogen-bond donors (Lipinski definition) is 2. The number of aromatic nitrogens is 2. The fourth-order valence-electron chi connectivity index (χ4n) is 1.14. The Kier molecular flexibility index (Phi) is 5.11. The van der Waals surface area contributed by atoms with Crippen molar-refractivity contribution < 1.29 is 5.11 Å². The molecule has 78 valence electrons. The van der Waals surface area contributed by atoms with Crippen LogP contribution >= 0.6 is 0 Å². The smallest absolute Gasteiger partial charge is 0.141 e. The first-order valence-corrected chi connectivity index (χ1v) is 4.93. The molecule has 0 spiro atoms. The summed E-state index contributed by atoms with van der Waals surface area (Å²) in [6.07, 6.45) is 5.08. The summed E-state index contributed by atoms with van der Waals surface area (Å²) in [6.45, 7) is 3.39. The van der Waals surface area contributed by atoms with E-state index in [1.165, 1.54) is 0 Å². The molecule has 4 heteroatoms. The third-order valence-corrected chi connectivity index (χ3v) is 1.88. The van der Waals surface area contributed by atoms with E-state index >= 15 is 0 Å². The fourth-order valence-corrected chi connectivity index (χ4v) is 1.14. The third kappa shape index (κ3) is 4.89. The lowest BCUT2D eigenvalue weighted by atomic mass is 10.2. The summed E-state index contributed by atoms with van der Waals surface area (Å²) in [7, 11) is 0. The van der Waals surface area contributed by atoms with Crippen LogP contribution in [0.1, 0.15) is 25.6 Å². The molecular weight excluding hydrogens is 178 g/mol. The largest absolute Gasteiger partial charge is 0.393 e. The predicted octanol–water partition coefficient (Wildman–Crippen LogP) is 0.727. The van der Waals surface area contributed by atoms with Crippen LogP contribution in [0.5, 0.6) is 0 Å². The van der Waals surface area contributed by atoms with Crippen molar-refractivity contribution in [2.75, 3.05) is 6.54 Å². The molecule has 1 aromatic rings. The van der Waals surface area contributed by atoms with Crippen molar-refractivity contribution in [3.63, 3.8) is 0 Å². The lowest BCUT2D eigenvalue weighted by molar-refractivity contribution is 0.181. The molecule has 0 bridgehead atoms. The molecule has 0 fully saturated rings. The molecule has 1 unspecified atom stereocenters. The van der Waals surface area contributed by atoms with E-state index in [2.05, 4.69) is 15.3 Å². The number of aliphatic hydroxyl groups excluding tert-OH is 1. The van der Waals surface area contributed by atoms with Crippen LogP contribution in [0.3, 0.4) is 0 Å². The molecule has 0 saturated carbocycles. The van der Waals surface area contributed by atoms with Crippen molar-refractivity contribution in [1.29, 1.82) is 0 Å². The summed E-state index contributed by atoms with van der Waals surface area (Å²) in [4.78, 5) is 8.18. The van der Waals surface area contributed by atoms with E-state index in [0.717, 1.165) is 25.2 Å². The Morgan fingerprint density at radius 2 is 2.14 bits per heavy atom. The van der Waals surface area contributed by atoms with Crippen LogP contribution in [0.15, 0.2) is 18.5 Å². The maximum Gasteiger partial charge on any atom is 0.141 e. The minimum absolute atomic E-state index is 0.204. The highest BCUT2D eigenvalue weighted by Crippen LogP contribution is 1.94.